The highest BCUT2D eigenvalue weighted by atomic mass is 32.2. The van der Waals surface area contributed by atoms with Gasteiger partial charge in [0.1, 0.15) is 0 Å². The molecule has 0 spiro atoms. The van der Waals surface area contributed by atoms with E-state index in [1.165, 1.54) is 17.8 Å². The second-order valence-corrected chi connectivity index (χ2v) is 7.56. The Morgan fingerprint density at radius 1 is 1.31 bits per heavy atom. The first-order chi connectivity index (χ1) is 12.1. The van der Waals surface area contributed by atoms with Crippen molar-refractivity contribution in [3.8, 4) is 0 Å². The second-order valence-electron chi connectivity index (χ2n) is 6.42. The predicted molar refractivity (Wildman–Crippen MR) is 103 cm³/mol. The molecule has 1 N–H and O–H groups in total. The van der Waals surface area contributed by atoms with Crippen molar-refractivity contribution in [2.45, 2.75) is 50.2 Å². The van der Waals surface area contributed by atoms with E-state index in [4.69, 9.17) is 0 Å². The average Bonchev–Trinajstić information content (AvgIpc) is 3.04. The zero-order valence-corrected chi connectivity index (χ0v) is 16.1. The van der Waals surface area contributed by atoms with Crippen LogP contribution in [0, 0.1) is 6.92 Å². The highest BCUT2D eigenvalue weighted by Crippen LogP contribution is 2.35. The van der Waals surface area contributed by atoms with Gasteiger partial charge in [0, 0.05) is 22.8 Å². The van der Waals surface area contributed by atoms with Gasteiger partial charge in [-0.2, -0.15) is 13.2 Å². The maximum absolute atomic E-state index is 12.9. The fourth-order valence-electron chi connectivity index (χ4n) is 3.02. The van der Waals surface area contributed by atoms with Gasteiger partial charge < -0.3 is 10.2 Å². The minimum Gasteiger partial charge on any atom is -0.367 e. The monoisotopic (exact) mass is 382 g/mol. The van der Waals surface area contributed by atoms with E-state index in [0.29, 0.717) is 9.92 Å². The zero-order chi connectivity index (χ0) is 19.5. The first kappa shape index (κ1) is 20.5. The van der Waals surface area contributed by atoms with Crippen LogP contribution >= 0.6 is 11.8 Å². The quantitative estimate of drug-likeness (QED) is 0.576. The normalized spacial score (nSPS) is 17.3. The van der Waals surface area contributed by atoms with Crippen LogP contribution in [0.15, 0.2) is 59.3 Å². The standard InChI is InChI=1S/C20H25F3N2S/c1-6-14(3)25-11-7-8-18(25)15(4)24-16(5)26-19-12-17(20(21,22)23)10-9-13(19)2/h9-10,12,18,24H,3-8,11H2,1-2H3. The van der Waals surface area contributed by atoms with E-state index >= 15 is 0 Å². The first-order valence-corrected chi connectivity index (χ1v) is 9.40. The van der Waals surface area contributed by atoms with Crippen molar-refractivity contribution in [3.63, 3.8) is 0 Å². The highest BCUT2D eigenvalue weighted by Gasteiger charge is 2.31. The molecule has 1 fully saturated rings. The molecule has 1 atom stereocenters. The molecule has 1 saturated heterocycles. The van der Waals surface area contributed by atoms with Gasteiger partial charge in [-0.1, -0.05) is 44.5 Å². The van der Waals surface area contributed by atoms with Gasteiger partial charge in [-0.05, 0) is 43.9 Å². The number of allylic oxidation sites excluding steroid dienone is 1. The Balaban J connectivity index is 2.05. The number of likely N-dealkylation sites (tertiary alicyclic amines) is 1. The molecule has 2 nitrogen and oxygen atoms in total. The number of rotatable bonds is 7. The molecule has 0 aromatic heterocycles. The number of benzene rings is 1. The smallest absolute Gasteiger partial charge is 0.367 e. The number of aryl methyl sites for hydroxylation is 1. The van der Waals surface area contributed by atoms with Crippen molar-refractivity contribution in [1.82, 2.24) is 10.2 Å². The average molecular weight is 382 g/mol. The van der Waals surface area contributed by atoms with Crippen LogP contribution in [0.1, 0.15) is 37.3 Å². The molecule has 1 aliphatic rings. The Morgan fingerprint density at radius 3 is 2.62 bits per heavy atom. The summed E-state index contributed by atoms with van der Waals surface area (Å²) in [6.07, 6.45) is -1.43. The minimum atomic E-state index is -4.35. The molecule has 26 heavy (non-hydrogen) atoms. The molecule has 0 aliphatic carbocycles. The molecule has 0 saturated carbocycles. The number of hydrogen-bond acceptors (Lipinski definition) is 3. The Morgan fingerprint density at radius 2 is 2.00 bits per heavy atom. The molecule has 1 heterocycles. The summed E-state index contributed by atoms with van der Waals surface area (Å²) < 4.78 is 38.8. The molecule has 1 aromatic carbocycles. The topological polar surface area (TPSA) is 15.3 Å². The van der Waals surface area contributed by atoms with E-state index in [1.54, 1.807) is 6.92 Å². The molecule has 0 amide bonds. The van der Waals surface area contributed by atoms with Gasteiger partial charge in [-0.25, -0.2) is 0 Å². The van der Waals surface area contributed by atoms with E-state index in [2.05, 4.69) is 36.9 Å². The first-order valence-electron chi connectivity index (χ1n) is 8.58. The van der Waals surface area contributed by atoms with Crippen molar-refractivity contribution < 1.29 is 13.2 Å². The summed E-state index contributed by atoms with van der Waals surface area (Å²) in [5.41, 5.74) is 2.00. The van der Waals surface area contributed by atoms with Gasteiger partial charge in [-0.15, -0.1) is 0 Å². The predicted octanol–water partition coefficient (Wildman–Crippen LogP) is 6.07. The summed E-state index contributed by atoms with van der Waals surface area (Å²) in [5, 5.41) is 3.74. The third-order valence-electron chi connectivity index (χ3n) is 4.52. The van der Waals surface area contributed by atoms with E-state index in [0.717, 1.165) is 54.9 Å². The number of hydrogen-bond donors (Lipinski definition) is 1. The lowest BCUT2D eigenvalue weighted by Crippen LogP contribution is -2.34. The summed E-state index contributed by atoms with van der Waals surface area (Å²) in [6, 6.07) is 3.89. The van der Waals surface area contributed by atoms with Crippen molar-refractivity contribution in [2.75, 3.05) is 6.54 Å². The lowest BCUT2D eigenvalue weighted by molar-refractivity contribution is -0.137. The molecule has 2 rings (SSSR count). The van der Waals surface area contributed by atoms with Crippen LogP contribution in [0.5, 0.6) is 0 Å². The number of thioether (sulfide) groups is 1. The Hall–Kier alpha value is -1.82. The summed E-state index contributed by atoms with van der Waals surface area (Å²) >= 11 is 1.20. The molecule has 1 aromatic rings. The molecule has 1 unspecified atom stereocenters. The van der Waals surface area contributed by atoms with E-state index in [-0.39, 0.29) is 6.04 Å². The van der Waals surface area contributed by atoms with E-state index in [9.17, 15) is 13.2 Å². The summed E-state index contributed by atoms with van der Waals surface area (Å²) in [5.74, 6) is 0. The summed E-state index contributed by atoms with van der Waals surface area (Å²) in [4.78, 5) is 2.77. The van der Waals surface area contributed by atoms with Gasteiger partial charge in [0.2, 0.25) is 0 Å². The minimum absolute atomic E-state index is 0.141. The molecular weight excluding hydrogens is 357 g/mol. The number of nitrogens with one attached hydrogen (secondary N) is 1. The maximum Gasteiger partial charge on any atom is 0.416 e. The Bertz CT molecular complexity index is 709. The zero-order valence-electron chi connectivity index (χ0n) is 15.2. The summed E-state index contributed by atoms with van der Waals surface area (Å²) in [6.45, 7) is 17.0. The molecule has 6 heteroatoms. The second kappa shape index (κ2) is 8.25. The van der Waals surface area contributed by atoms with Crippen LogP contribution in [-0.2, 0) is 6.18 Å². The fourth-order valence-corrected chi connectivity index (χ4v) is 3.88. The Labute approximate surface area is 157 Å². The van der Waals surface area contributed by atoms with Gasteiger partial charge in [0.25, 0.3) is 0 Å². The van der Waals surface area contributed by atoms with E-state index in [1.807, 2.05) is 0 Å². The molecule has 1 aliphatic heterocycles. The van der Waals surface area contributed by atoms with Gasteiger partial charge >= 0.3 is 6.18 Å². The molecule has 0 bridgehead atoms. The van der Waals surface area contributed by atoms with Gasteiger partial charge in [0.05, 0.1) is 16.6 Å². The number of nitrogens with zero attached hydrogens (tertiary/aromatic N) is 1. The molecule has 142 valence electrons. The van der Waals surface area contributed by atoms with Crippen molar-refractivity contribution in [1.29, 1.82) is 0 Å². The maximum atomic E-state index is 12.9. The van der Waals surface area contributed by atoms with Crippen LogP contribution in [-0.4, -0.2) is 17.5 Å². The van der Waals surface area contributed by atoms with Crippen LogP contribution < -0.4 is 5.32 Å². The Kier molecular flexibility index (Phi) is 6.50. The number of halogens is 3. The summed E-state index contributed by atoms with van der Waals surface area (Å²) in [7, 11) is 0. The lowest BCUT2D eigenvalue weighted by Gasteiger charge is -2.30. The largest absolute Gasteiger partial charge is 0.416 e. The van der Waals surface area contributed by atoms with Crippen LogP contribution in [0.3, 0.4) is 0 Å². The van der Waals surface area contributed by atoms with Crippen LogP contribution in [0.4, 0.5) is 13.2 Å². The number of alkyl halides is 3. The van der Waals surface area contributed by atoms with Crippen molar-refractivity contribution in [2.24, 2.45) is 0 Å². The third-order valence-corrected chi connectivity index (χ3v) is 5.53. The van der Waals surface area contributed by atoms with Gasteiger partial charge in [-0.3, -0.25) is 0 Å². The van der Waals surface area contributed by atoms with Crippen LogP contribution in [0.2, 0.25) is 0 Å². The van der Waals surface area contributed by atoms with Gasteiger partial charge in [0.15, 0.2) is 0 Å². The lowest BCUT2D eigenvalue weighted by atomic mass is 10.1. The van der Waals surface area contributed by atoms with Crippen molar-refractivity contribution >= 4 is 11.8 Å². The SMILES string of the molecule is C=C(NC(=C)C1CCCN1C(=C)CC)Sc1cc(C(F)(F)F)ccc1C. The fraction of sp³-hybridized carbons (Fsp3) is 0.400. The highest BCUT2D eigenvalue weighted by molar-refractivity contribution is 8.03. The van der Waals surface area contributed by atoms with E-state index < -0.39 is 11.7 Å². The van der Waals surface area contributed by atoms with Crippen molar-refractivity contribution in [3.05, 3.63) is 65.5 Å². The molecule has 0 radical (unpaired) electrons. The third kappa shape index (κ3) is 4.87. The van der Waals surface area contributed by atoms with Crippen LogP contribution in [0.25, 0.3) is 0 Å². The molecular formula is C20H25F3N2S.